The smallest absolute Gasteiger partial charge is 0.337 e. The molecule has 1 aromatic heterocycles. The molecule has 0 saturated carbocycles. The molecule has 2 aromatic rings. The predicted octanol–water partition coefficient (Wildman–Crippen LogP) is 3.65. The SMILES string of the molecule is O=C(Nc1c(Cl)cccc1C(=O)O)c1ccc(Br)o1. The van der Waals surface area contributed by atoms with Crippen LogP contribution in [0, 0.1) is 0 Å². The maximum atomic E-state index is 11.9. The van der Waals surface area contributed by atoms with Gasteiger partial charge in [-0.25, -0.2) is 4.79 Å². The maximum absolute atomic E-state index is 11.9. The highest BCUT2D eigenvalue weighted by atomic mass is 79.9. The first-order valence-corrected chi connectivity index (χ1v) is 6.24. The number of para-hydroxylation sites is 1. The van der Waals surface area contributed by atoms with Crippen LogP contribution in [0.1, 0.15) is 20.9 Å². The number of carboxylic acid groups (broad SMARTS) is 1. The third-order valence-corrected chi connectivity index (χ3v) is 3.02. The third kappa shape index (κ3) is 2.97. The molecular weight excluding hydrogens is 337 g/mol. The second-order valence-electron chi connectivity index (χ2n) is 3.53. The molecule has 19 heavy (non-hydrogen) atoms. The summed E-state index contributed by atoms with van der Waals surface area (Å²) < 4.78 is 5.47. The topological polar surface area (TPSA) is 79.5 Å². The van der Waals surface area contributed by atoms with Crippen LogP contribution in [0.5, 0.6) is 0 Å². The molecule has 1 aromatic carbocycles. The van der Waals surface area contributed by atoms with Crippen molar-refractivity contribution in [2.75, 3.05) is 5.32 Å². The first kappa shape index (κ1) is 13.6. The van der Waals surface area contributed by atoms with E-state index in [4.69, 9.17) is 21.1 Å². The van der Waals surface area contributed by atoms with Crippen LogP contribution in [0.4, 0.5) is 5.69 Å². The van der Waals surface area contributed by atoms with E-state index in [0.717, 1.165) is 0 Å². The summed E-state index contributed by atoms with van der Waals surface area (Å²) in [6.07, 6.45) is 0. The molecule has 0 saturated heterocycles. The molecular formula is C12H7BrClNO4. The van der Waals surface area contributed by atoms with Gasteiger partial charge in [-0.2, -0.15) is 0 Å². The van der Waals surface area contributed by atoms with Gasteiger partial charge >= 0.3 is 5.97 Å². The van der Waals surface area contributed by atoms with Crippen LogP contribution < -0.4 is 5.32 Å². The quantitative estimate of drug-likeness (QED) is 0.891. The van der Waals surface area contributed by atoms with Gasteiger partial charge in [0.2, 0.25) is 0 Å². The molecule has 2 rings (SSSR count). The number of amides is 1. The van der Waals surface area contributed by atoms with Crippen LogP contribution in [-0.2, 0) is 0 Å². The first-order chi connectivity index (χ1) is 8.99. The summed E-state index contributed by atoms with van der Waals surface area (Å²) in [6, 6.07) is 7.34. The number of hydrogen-bond donors (Lipinski definition) is 2. The lowest BCUT2D eigenvalue weighted by atomic mass is 10.1. The number of aromatic carboxylic acids is 1. The molecule has 98 valence electrons. The summed E-state index contributed by atoms with van der Waals surface area (Å²) in [5.41, 5.74) is -0.0549. The monoisotopic (exact) mass is 343 g/mol. The normalized spacial score (nSPS) is 10.2. The van der Waals surface area contributed by atoms with Gasteiger partial charge in [-0.1, -0.05) is 17.7 Å². The van der Waals surface area contributed by atoms with Gasteiger partial charge in [-0.05, 0) is 40.2 Å². The van der Waals surface area contributed by atoms with Crippen molar-refractivity contribution in [3.8, 4) is 0 Å². The van der Waals surface area contributed by atoms with E-state index in [1.807, 2.05) is 0 Å². The number of carbonyl (C=O) groups is 2. The van der Waals surface area contributed by atoms with Gasteiger partial charge in [-0.3, -0.25) is 4.79 Å². The minimum atomic E-state index is -1.18. The fraction of sp³-hybridized carbons (Fsp3) is 0. The Morgan fingerprint density at radius 3 is 2.58 bits per heavy atom. The molecule has 0 fully saturated rings. The van der Waals surface area contributed by atoms with Crippen molar-refractivity contribution in [2.24, 2.45) is 0 Å². The second-order valence-corrected chi connectivity index (χ2v) is 4.71. The molecule has 0 spiro atoms. The Kier molecular flexibility index (Phi) is 3.92. The van der Waals surface area contributed by atoms with Crippen molar-refractivity contribution in [1.82, 2.24) is 0 Å². The molecule has 0 aliphatic heterocycles. The minimum absolute atomic E-state index is 0.0363. The highest BCUT2D eigenvalue weighted by Crippen LogP contribution is 2.27. The van der Waals surface area contributed by atoms with Crippen LogP contribution in [-0.4, -0.2) is 17.0 Å². The van der Waals surface area contributed by atoms with Crippen LogP contribution in [0.3, 0.4) is 0 Å². The van der Waals surface area contributed by atoms with Gasteiger partial charge in [0.15, 0.2) is 10.4 Å². The van der Waals surface area contributed by atoms with Crippen molar-refractivity contribution >= 4 is 45.1 Å². The van der Waals surface area contributed by atoms with Crippen LogP contribution in [0.2, 0.25) is 5.02 Å². The van der Waals surface area contributed by atoms with Gasteiger partial charge in [0, 0.05) is 0 Å². The fourth-order valence-corrected chi connectivity index (χ4v) is 1.97. The van der Waals surface area contributed by atoms with E-state index >= 15 is 0 Å². The summed E-state index contributed by atoms with van der Waals surface area (Å²) in [7, 11) is 0. The average molecular weight is 345 g/mol. The van der Waals surface area contributed by atoms with E-state index in [0.29, 0.717) is 4.67 Å². The van der Waals surface area contributed by atoms with E-state index in [-0.39, 0.29) is 22.0 Å². The molecule has 0 bridgehead atoms. The number of halogens is 2. The number of furan rings is 1. The fourth-order valence-electron chi connectivity index (χ4n) is 1.44. The standard InChI is InChI=1S/C12H7BrClNO4/c13-9-5-4-8(19-9)11(16)15-10-6(12(17)18)2-1-3-7(10)14/h1-5H,(H,15,16)(H,17,18). The Balaban J connectivity index is 2.33. The van der Waals surface area contributed by atoms with Crippen molar-refractivity contribution in [1.29, 1.82) is 0 Å². The van der Waals surface area contributed by atoms with Gasteiger partial charge in [0.25, 0.3) is 5.91 Å². The highest BCUT2D eigenvalue weighted by Gasteiger charge is 2.18. The minimum Gasteiger partial charge on any atom is -0.478 e. The Hall–Kier alpha value is -1.79. The van der Waals surface area contributed by atoms with E-state index in [1.165, 1.54) is 24.3 Å². The van der Waals surface area contributed by atoms with Gasteiger partial charge in [-0.15, -0.1) is 0 Å². The Labute approximate surface area is 121 Å². The molecule has 2 N–H and O–H groups in total. The van der Waals surface area contributed by atoms with Crippen LogP contribution in [0.25, 0.3) is 0 Å². The molecule has 0 atom stereocenters. The molecule has 0 radical (unpaired) electrons. The molecule has 1 amide bonds. The molecule has 0 aliphatic carbocycles. The maximum Gasteiger partial charge on any atom is 0.337 e. The Morgan fingerprint density at radius 2 is 2.00 bits per heavy atom. The van der Waals surface area contributed by atoms with Gasteiger partial charge in [0.05, 0.1) is 16.3 Å². The van der Waals surface area contributed by atoms with Crippen LogP contribution >= 0.6 is 27.5 Å². The summed E-state index contributed by atoms with van der Waals surface area (Å²) in [5.74, 6) is -1.72. The highest BCUT2D eigenvalue weighted by molar-refractivity contribution is 9.10. The van der Waals surface area contributed by atoms with Gasteiger partial charge in [0.1, 0.15) is 0 Å². The number of rotatable bonds is 3. The van der Waals surface area contributed by atoms with Crippen molar-refractivity contribution < 1.29 is 19.1 Å². The summed E-state index contributed by atoms with van der Waals surface area (Å²) in [6.45, 7) is 0. The zero-order valence-electron chi connectivity index (χ0n) is 9.31. The molecule has 1 heterocycles. The number of hydrogen-bond acceptors (Lipinski definition) is 3. The number of carboxylic acids is 1. The zero-order valence-corrected chi connectivity index (χ0v) is 11.7. The van der Waals surface area contributed by atoms with Crippen molar-refractivity contribution in [3.05, 3.63) is 51.3 Å². The van der Waals surface area contributed by atoms with Crippen molar-refractivity contribution in [3.63, 3.8) is 0 Å². The number of carbonyl (C=O) groups excluding carboxylic acids is 1. The number of anilines is 1. The lowest BCUT2D eigenvalue weighted by Crippen LogP contribution is -2.14. The van der Waals surface area contributed by atoms with E-state index in [2.05, 4.69) is 21.2 Å². The Morgan fingerprint density at radius 1 is 1.26 bits per heavy atom. The average Bonchev–Trinajstić information content (AvgIpc) is 2.78. The predicted molar refractivity (Wildman–Crippen MR) is 72.8 cm³/mol. The van der Waals surface area contributed by atoms with Gasteiger partial charge < -0.3 is 14.8 Å². The van der Waals surface area contributed by atoms with E-state index in [9.17, 15) is 9.59 Å². The summed E-state index contributed by atoms with van der Waals surface area (Å²) in [4.78, 5) is 22.9. The largest absolute Gasteiger partial charge is 0.478 e. The van der Waals surface area contributed by atoms with Crippen molar-refractivity contribution in [2.45, 2.75) is 0 Å². The molecule has 7 heteroatoms. The second kappa shape index (κ2) is 5.46. The first-order valence-electron chi connectivity index (χ1n) is 5.07. The third-order valence-electron chi connectivity index (χ3n) is 2.28. The number of benzene rings is 1. The molecule has 0 unspecified atom stereocenters. The zero-order chi connectivity index (χ0) is 14.0. The number of nitrogens with one attached hydrogen (secondary N) is 1. The summed E-state index contributed by atoms with van der Waals surface area (Å²) >= 11 is 8.96. The molecule has 0 aliphatic rings. The lowest BCUT2D eigenvalue weighted by molar-refractivity contribution is 0.0698. The van der Waals surface area contributed by atoms with E-state index < -0.39 is 11.9 Å². The molecule has 5 nitrogen and oxygen atoms in total. The van der Waals surface area contributed by atoms with E-state index in [1.54, 1.807) is 6.07 Å². The van der Waals surface area contributed by atoms with Crippen LogP contribution in [0.15, 0.2) is 39.4 Å². The lowest BCUT2D eigenvalue weighted by Gasteiger charge is -2.08. The Bertz CT molecular complexity index is 653. The summed E-state index contributed by atoms with van der Waals surface area (Å²) in [5, 5.41) is 11.6.